The quantitative estimate of drug-likeness (QED) is 0.0469. The van der Waals surface area contributed by atoms with Gasteiger partial charge in [0.1, 0.15) is 20.7 Å². The van der Waals surface area contributed by atoms with Crippen LogP contribution in [0.3, 0.4) is 0 Å². The van der Waals surface area contributed by atoms with E-state index in [1.165, 1.54) is 84.7 Å². The second-order valence-corrected chi connectivity index (χ2v) is 26.4. The lowest BCUT2D eigenvalue weighted by atomic mass is 10.1. The molecular weight excluding hydrogens is 1490 g/mol. The summed E-state index contributed by atoms with van der Waals surface area (Å²) >= 11 is 10.6. The third-order valence-corrected chi connectivity index (χ3v) is 18.4. The van der Waals surface area contributed by atoms with E-state index in [9.17, 15) is 68.9 Å². The fourth-order valence-corrected chi connectivity index (χ4v) is 11.9. The number of carbonyl (C=O) groups is 1. The lowest BCUT2D eigenvalue weighted by Gasteiger charge is -2.07. The molecule has 8 N–H and O–H groups in total. The number of aryl methyl sites for hydroxylation is 5. The highest BCUT2D eigenvalue weighted by atomic mass is 32.1. The van der Waals surface area contributed by atoms with Crippen LogP contribution in [0, 0.1) is 15.1 Å². The number of hydrogen-bond acceptors (Lipinski definition) is 22. The Morgan fingerprint density at radius 2 is 0.690 bits per heavy atom. The normalized spacial score (nSPS) is 10.8. The number of benzene rings is 1. The van der Waals surface area contributed by atoms with E-state index < -0.39 is 11.5 Å². The van der Waals surface area contributed by atoms with Crippen molar-refractivity contribution in [3.8, 4) is 40.2 Å². The average Bonchev–Trinajstić information content (AvgIpc) is 0.851. The highest BCUT2D eigenvalue weighted by Gasteiger charge is 2.17. The second-order valence-electron chi connectivity index (χ2n) is 25.7. The van der Waals surface area contributed by atoms with Gasteiger partial charge in [0.25, 0.3) is 33.7 Å². The Hall–Kier alpha value is -13.4. The molecule has 584 valence electrons. The first-order valence-corrected chi connectivity index (χ1v) is 37.0. The molecule has 0 bridgehead atoms. The van der Waals surface area contributed by atoms with E-state index in [0.29, 0.717) is 79.2 Å². The van der Waals surface area contributed by atoms with Crippen LogP contribution in [0.15, 0.2) is 220 Å². The molecule has 0 saturated carbocycles. The molecule has 14 heterocycles. The van der Waals surface area contributed by atoms with Crippen LogP contribution in [0.2, 0.25) is 0 Å². The smallest absolute Gasteiger partial charge is 0.270 e. The van der Waals surface area contributed by atoms with Crippen LogP contribution in [0.5, 0.6) is 40.2 Å². The summed E-state index contributed by atoms with van der Waals surface area (Å²) < 4.78 is 24.4. The van der Waals surface area contributed by atoms with E-state index in [0.717, 1.165) is 77.7 Å². The molecule has 0 fully saturated rings. The van der Waals surface area contributed by atoms with Crippen LogP contribution in [-0.4, -0.2) is 107 Å². The number of amides is 1. The Morgan fingerprint density at radius 1 is 0.381 bits per heavy atom. The van der Waals surface area contributed by atoms with Crippen LogP contribution in [-0.2, 0) is 38.6 Å². The highest BCUT2D eigenvalue weighted by molar-refractivity contribution is 7.71. The Labute approximate surface area is 655 Å². The van der Waals surface area contributed by atoms with Gasteiger partial charge in [-0.25, -0.2) is 39.3 Å². The predicted molar refractivity (Wildman–Crippen MR) is 433 cm³/mol. The third-order valence-electron chi connectivity index (χ3n) is 17.5. The van der Waals surface area contributed by atoms with Crippen molar-refractivity contribution in [3.05, 3.63) is 307 Å². The van der Waals surface area contributed by atoms with E-state index in [2.05, 4.69) is 54.1 Å². The first kappa shape index (κ1) is 83.6. The summed E-state index contributed by atoms with van der Waals surface area (Å²) in [5.74, 6) is -0.568. The summed E-state index contributed by atoms with van der Waals surface area (Å²) in [6.07, 6.45) is 31.3. The minimum Gasteiger partial charge on any atom is -0.504 e. The SMILES string of the molecule is CC(C)c1cnc2c(O)cccn2c1=O.CCCCc1cnc2c(O)cccn2c1=O.CCCCc1cnc2c(O)cccn2c1=S.CCCc1cnc2c(O)cccn2c1=O.CCc1cnc2c(O)cccn2c1=O.CCc1cnc2c(O)cccn2c1=S.O=C(NCc1ccc(F)cc1)c1cnc2c(O)cccn2c1=O. The zero-order valence-electron chi connectivity index (χ0n) is 62.9. The van der Waals surface area contributed by atoms with Gasteiger partial charge in [-0.05, 0) is 153 Å². The monoisotopic (exact) mass is 1570 g/mol. The molecule has 1 aromatic carbocycles. The molecule has 15 rings (SSSR count). The van der Waals surface area contributed by atoms with Crippen LogP contribution in [0.4, 0.5) is 4.39 Å². The van der Waals surface area contributed by atoms with Crippen molar-refractivity contribution in [2.24, 2.45) is 0 Å². The van der Waals surface area contributed by atoms with Gasteiger partial charge in [-0.15, -0.1) is 0 Å². The Bertz CT molecular complexity index is 6170. The van der Waals surface area contributed by atoms with E-state index in [-0.39, 0.29) is 92.0 Å². The summed E-state index contributed by atoms with van der Waals surface area (Å²) in [4.78, 5) is 101. The van der Waals surface area contributed by atoms with Crippen molar-refractivity contribution in [1.82, 2.24) is 71.0 Å². The van der Waals surface area contributed by atoms with E-state index in [1.807, 2.05) is 47.0 Å². The van der Waals surface area contributed by atoms with Crippen molar-refractivity contribution < 1.29 is 44.9 Å². The van der Waals surface area contributed by atoms with E-state index in [4.69, 9.17) is 24.4 Å². The van der Waals surface area contributed by atoms with Gasteiger partial charge in [0.05, 0.1) is 0 Å². The zero-order valence-corrected chi connectivity index (χ0v) is 64.5. The fourth-order valence-electron chi connectivity index (χ4n) is 11.3. The molecule has 0 aliphatic heterocycles. The number of fused-ring (bicyclic) bond motifs is 7. The first-order valence-electron chi connectivity index (χ1n) is 36.2. The summed E-state index contributed by atoms with van der Waals surface area (Å²) in [5.41, 5.74) is 6.64. The highest BCUT2D eigenvalue weighted by Crippen LogP contribution is 2.22. The largest absolute Gasteiger partial charge is 0.504 e. The van der Waals surface area contributed by atoms with Gasteiger partial charge in [0, 0.05) is 127 Å². The first-order chi connectivity index (χ1) is 54.3. The number of halogens is 1. The zero-order chi connectivity index (χ0) is 81.6. The Kier molecular flexibility index (Phi) is 29.1. The van der Waals surface area contributed by atoms with Gasteiger partial charge in [-0.1, -0.05) is 104 Å². The molecule has 0 aliphatic carbocycles. The second kappa shape index (κ2) is 39.3. The number of carbonyl (C=O) groups excluding carboxylic acids is 1. The van der Waals surface area contributed by atoms with Gasteiger partial charge in [0.2, 0.25) is 0 Å². The number of rotatable bonds is 14. The molecule has 14 aromatic heterocycles. The predicted octanol–water partition coefficient (Wildman–Crippen LogP) is 12.5. The number of hydrogen-bond donors (Lipinski definition) is 8. The Morgan fingerprint density at radius 3 is 1.08 bits per heavy atom. The molecule has 113 heavy (non-hydrogen) atoms. The number of aromatic nitrogens is 14. The van der Waals surface area contributed by atoms with Gasteiger partial charge in [-0.2, -0.15) is 0 Å². The maximum absolute atomic E-state index is 12.8. The molecule has 0 radical (unpaired) electrons. The van der Waals surface area contributed by atoms with Crippen molar-refractivity contribution in [2.75, 3.05) is 0 Å². The summed E-state index contributed by atoms with van der Waals surface area (Å²) in [5, 5.41) is 69.4. The van der Waals surface area contributed by atoms with Crippen molar-refractivity contribution in [3.63, 3.8) is 0 Å². The minimum atomic E-state index is -0.593. The van der Waals surface area contributed by atoms with E-state index in [1.54, 1.807) is 119 Å². The molecule has 0 aliphatic rings. The topological polar surface area (TPSA) is 377 Å². The number of unbranched alkanes of at least 4 members (excludes halogenated alkanes) is 2. The number of aromatic hydroxyl groups is 7. The van der Waals surface area contributed by atoms with Crippen LogP contribution in [0.25, 0.3) is 39.5 Å². The van der Waals surface area contributed by atoms with Crippen LogP contribution in [0.1, 0.15) is 136 Å². The summed E-state index contributed by atoms with van der Waals surface area (Å²) in [6.45, 7) is 14.2. The minimum absolute atomic E-state index is 0.0184. The molecule has 28 nitrogen and oxygen atoms in total. The number of nitrogens with zero attached hydrogens (tertiary/aromatic N) is 14. The van der Waals surface area contributed by atoms with Gasteiger partial charge in [-0.3, -0.25) is 59.6 Å². The summed E-state index contributed by atoms with van der Waals surface area (Å²) in [6, 6.07) is 27.8. The van der Waals surface area contributed by atoms with Gasteiger partial charge < -0.3 is 41.1 Å². The van der Waals surface area contributed by atoms with Crippen molar-refractivity contribution in [2.45, 2.75) is 125 Å². The lowest BCUT2D eigenvalue weighted by molar-refractivity contribution is 0.0948. The maximum Gasteiger partial charge on any atom is 0.270 e. The fraction of sp³-hybridized carbons (Fsp3) is 0.232. The van der Waals surface area contributed by atoms with Crippen molar-refractivity contribution >= 4 is 69.9 Å². The summed E-state index contributed by atoms with van der Waals surface area (Å²) in [7, 11) is 0. The van der Waals surface area contributed by atoms with Crippen LogP contribution < -0.4 is 33.1 Å². The number of nitrogens with one attached hydrogen (secondary N) is 1. The Balaban J connectivity index is 0.000000152. The molecule has 0 spiro atoms. The van der Waals surface area contributed by atoms with Gasteiger partial charge in [0.15, 0.2) is 79.8 Å². The number of pyridine rings is 7. The molecule has 15 aromatic rings. The maximum atomic E-state index is 12.8. The lowest BCUT2D eigenvalue weighted by Crippen LogP contribution is -2.31. The molecular formula is C82H84FN15O13S2. The molecule has 1 amide bonds. The average molecular weight is 1570 g/mol. The molecule has 0 saturated heterocycles. The van der Waals surface area contributed by atoms with Crippen LogP contribution >= 0.6 is 24.4 Å². The third kappa shape index (κ3) is 20.2. The van der Waals surface area contributed by atoms with Crippen molar-refractivity contribution in [1.29, 1.82) is 0 Å². The molecule has 0 atom stereocenters. The van der Waals surface area contributed by atoms with E-state index >= 15 is 0 Å². The van der Waals surface area contributed by atoms with Gasteiger partial charge >= 0.3 is 0 Å². The standard InChI is InChI=1S/C16H12FN3O3.C12H14N2O2.C12H14N2OS.2C11H12N2O2.C10H10N2O2.C10H10N2OS/c17-11-5-3-10(4-6-11)8-19-15(22)12-9-18-14-13(21)2-1-7-20(14)16(12)23;2*1-2-3-5-9-8-13-11-10(15)6-4-7-14(11)12(9)16;1-7(2)8-6-12-10-9(14)4-3-5-13(10)11(8)15;1-2-4-8-7-12-10-9(14)5-3-6-13(10)11(8)15;2*1-2-7-6-11-9-8(13)4-3-5-12(9)10(7)14/h1-7,9,21H,8H2,(H,19,22);2*4,6-8,15H,2-3,5H2,1H3;3-7,14H,1-2H3;3,5-7,14H,2,4H2,1H3;2*3-6,13H,2H2,1H3. The molecule has 31 heteroatoms. The molecule has 0 unspecified atom stereocenters.